The molecule has 2 aromatic carbocycles. The molecule has 0 saturated carbocycles. The zero-order chi connectivity index (χ0) is 14.2. The molecule has 0 aliphatic carbocycles. The lowest BCUT2D eigenvalue weighted by molar-refractivity contribution is 0.358. The van der Waals surface area contributed by atoms with Crippen molar-refractivity contribution in [3.8, 4) is 17.2 Å². The van der Waals surface area contributed by atoms with Crippen LogP contribution in [0.2, 0.25) is 0 Å². The molecule has 0 bridgehead atoms. The Morgan fingerprint density at radius 1 is 1.05 bits per heavy atom. The van der Waals surface area contributed by atoms with Crippen molar-refractivity contribution in [2.45, 2.75) is 19.8 Å². The van der Waals surface area contributed by atoms with Crippen molar-refractivity contribution in [1.29, 1.82) is 0 Å². The Hall–Kier alpha value is -2.22. The maximum absolute atomic E-state index is 5.85. The normalized spacial score (nSPS) is 10.1. The molecule has 0 aliphatic rings. The molecule has 104 valence electrons. The van der Waals surface area contributed by atoms with E-state index in [2.05, 4.69) is 19.6 Å². The van der Waals surface area contributed by atoms with Gasteiger partial charge in [-0.05, 0) is 42.3 Å². The summed E-state index contributed by atoms with van der Waals surface area (Å²) in [6.07, 6.45) is 3.79. The lowest BCUT2D eigenvalue weighted by Gasteiger charge is -2.12. The van der Waals surface area contributed by atoms with E-state index in [1.54, 1.807) is 6.08 Å². The standard InChI is InChI=1S/C18H20O2/c1-3-8-15-14-17(11-12-18(15)19-13-4-2)20-16-9-6-5-7-10-16/h4-7,9-12,14H,2-3,8,13H2,1H3. The van der Waals surface area contributed by atoms with E-state index in [1.165, 1.54) is 5.56 Å². The van der Waals surface area contributed by atoms with Crippen LogP contribution in [0.25, 0.3) is 0 Å². The van der Waals surface area contributed by atoms with Gasteiger partial charge in [0.2, 0.25) is 0 Å². The van der Waals surface area contributed by atoms with Crippen molar-refractivity contribution in [3.05, 3.63) is 66.7 Å². The van der Waals surface area contributed by atoms with Crippen LogP contribution in [-0.4, -0.2) is 6.61 Å². The van der Waals surface area contributed by atoms with Crippen LogP contribution in [0, 0.1) is 0 Å². The molecule has 2 rings (SSSR count). The SMILES string of the molecule is C=CCOc1ccc(Oc2ccccc2)cc1CCC. The Balaban J connectivity index is 2.18. The van der Waals surface area contributed by atoms with Gasteiger partial charge in [-0.1, -0.05) is 44.2 Å². The predicted octanol–water partition coefficient (Wildman–Crippen LogP) is 5.00. The summed E-state index contributed by atoms with van der Waals surface area (Å²) in [4.78, 5) is 0. The Labute approximate surface area is 120 Å². The van der Waals surface area contributed by atoms with Crippen molar-refractivity contribution in [2.75, 3.05) is 6.61 Å². The monoisotopic (exact) mass is 268 g/mol. The molecule has 0 aliphatic heterocycles. The van der Waals surface area contributed by atoms with Crippen molar-refractivity contribution in [2.24, 2.45) is 0 Å². The highest BCUT2D eigenvalue weighted by Crippen LogP contribution is 2.28. The highest BCUT2D eigenvalue weighted by Gasteiger charge is 2.06. The summed E-state index contributed by atoms with van der Waals surface area (Å²) in [5.41, 5.74) is 1.17. The molecule has 0 fully saturated rings. The van der Waals surface area contributed by atoms with Gasteiger partial charge in [-0.25, -0.2) is 0 Å². The van der Waals surface area contributed by atoms with Crippen LogP contribution in [0.15, 0.2) is 61.2 Å². The minimum absolute atomic E-state index is 0.523. The first-order chi connectivity index (χ1) is 9.83. The fraction of sp³-hybridized carbons (Fsp3) is 0.222. The van der Waals surface area contributed by atoms with E-state index in [-0.39, 0.29) is 0 Å². The summed E-state index contributed by atoms with van der Waals surface area (Å²) in [6.45, 7) is 6.35. The van der Waals surface area contributed by atoms with Crippen molar-refractivity contribution in [3.63, 3.8) is 0 Å². The molecular weight excluding hydrogens is 248 g/mol. The smallest absolute Gasteiger partial charge is 0.127 e. The zero-order valence-corrected chi connectivity index (χ0v) is 11.8. The lowest BCUT2D eigenvalue weighted by atomic mass is 10.1. The van der Waals surface area contributed by atoms with Gasteiger partial charge in [0.15, 0.2) is 0 Å². The maximum Gasteiger partial charge on any atom is 0.127 e. The summed E-state index contributed by atoms with van der Waals surface area (Å²) < 4.78 is 11.5. The van der Waals surface area contributed by atoms with Gasteiger partial charge in [-0.2, -0.15) is 0 Å². The summed E-state index contributed by atoms with van der Waals surface area (Å²) in [6, 6.07) is 15.7. The fourth-order valence-corrected chi connectivity index (χ4v) is 2.00. The summed E-state index contributed by atoms with van der Waals surface area (Å²) >= 11 is 0. The van der Waals surface area contributed by atoms with E-state index >= 15 is 0 Å². The highest BCUT2D eigenvalue weighted by molar-refractivity contribution is 5.42. The number of benzene rings is 2. The summed E-state index contributed by atoms with van der Waals surface area (Å²) in [5.74, 6) is 2.59. The van der Waals surface area contributed by atoms with E-state index in [9.17, 15) is 0 Å². The van der Waals surface area contributed by atoms with Crippen LogP contribution < -0.4 is 9.47 Å². The third-order valence-electron chi connectivity index (χ3n) is 2.89. The second kappa shape index (κ2) is 7.39. The van der Waals surface area contributed by atoms with Crippen LogP contribution in [-0.2, 0) is 6.42 Å². The second-order valence-corrected chi connectivity index (χ2v) is 4.53. The number of hydrogen-bond donors (Lipinski definition) is 0. The molecule has 2 nitrogen and oxygen atoms in total. The van der Waals surface area contributed by atoms with E-state index in [0.717, 1.165) is 30.1 Å². The molecule has 0 heterocycles. The van der Waals surface area contributed by atoms with Crippen LogP contribution in [0.1, 0.15) is 18.9 Å². The van der Waals surface area contributed by atoms with Crippen molar-refractivity contribution in [1.82, 2.24) is 0 Å². The summed E-state index contributed by atoms with van der Waals surface area (Å²) in [5, 5.41) is 0. The molecule has 0 aromatic heterocycles. The number of aryl methyl sites for hydroxylation is 1. The van der Waals surface area contributed by atoms with Gasteiger partial charge in [-0.3, -0.25) is 0 Å². The highest BCUT2D eigenvalue weighted by atomic mass is 16.5. The molecule has 20 heavy (non-hydrogen) atoms. The van der Waals surface area contributed by atoms with Crippen LogP contribution in [0.5, 0.6) is 17.2 Å². The maximum atomic E-state index is 5.85. The molecule has 0 unspecified atom stereocenters. The fourth-order valence-electron chi connectivity index (χ4n) is 2.00. The molecule has 0 spiro atoms. The van der Waals surface area contributed by atoms with Crippen molar-refractivity contribution >= 4 is 0 Å². The summed E-state index contributed by atoms with van der Waals surface area (Å²) in [7, 11) is 0. The molecular formula is C18H20O2. The van der Waals surface area contributed by atoms with Gasteiger partial charge in [0.05, 0.1) is 0 Å². The second-order valence-electron chi connectivity index (χ2n) is 4.53. The minimum Gasteiger partial charge on any atom is -0.489 e. The van der Waals surface area contributed by atoms with Crippen molar-refractivity contribution < 1.29 is 9.47 Å². The first kappa shape index (κ1) is 14.2. The molecule has 2 heteroatoms. The number of rotatable bonds is 7. The molecule has 0 atom stereocenters. The van der Waals surface area contributed by atoms with Gasteiger partial charge in [0.1, 0.15) is 23.9 Å². The quantitative estimate of drug-likeness (QED) is 0.658. The van der Waals surface area contributed by atoms with Gasteiger partial charge >= 0.3 is 0 Å². The van der Waals surface area contributed by atoms with Crippen LogP contribution in [0.3, 0.4) is 0 Å². The Kier molecular flexibility index (Phi) is 5.24. The Morgan fingerprint density at radius 3 is 2.55 bits per heavy atom. The van der Waals surface area contributed by atoms with Crippen LogP contribution >= 0.6 is 0 Å². The zero-order valence-electron chi connectivity index (χ0n) is 11.8. The largest absolute Gasteiger partial charge is 0.489 e. The van der Waals surface area contributed by atoms with Gasteiger partial charge in [0.25, 0.3) is 0 Å². The van der Waals surface area contributed by atoms with E-state index < -0.39 is 0 Å². The van der Waals surface area contributed by atoms with E-state index in [1.807, 2.05) is 42.5 Å². The first-order valence-corrected chi connectivity index (χ1v) is 6.93. The number of para-hydroxylation sites is 1. The molecule has 0 N–H and O–H groups in total. The van der Waals surface area contributed by atoms with E-state index in [0.29, 0.717) is 6.61 Å². The minimum atomic E-state index is 0.523. The average Bonchev–Trinajstić information content (AvgIpc) is 2.48. The van der Waals surface area contributed by atoms with E-state index in [4.69, 9.17) is 9.47 Å². The third-order valence-corrected chi connectivity index (χ3v) is 2.89. The lowest BCUT2D eigenvalue weighted by Crippen LogP contribution is -1.98. The third kappa shape index (κ3) is 3.89. The van der Waals surface area contributed by atoms with Gasteiger partial charge < -0.3 is 9.47 Å². The molecule has 0 radical (unpaired) electrons. The topological polar surface area (TPSA) is 18.5 Å². The van der Waals surface area contributed by atoms with Crippen LogP contribution in [0.4, 0.5) is 0 Å². The first-order valence-electron chi connectivity index (χ1n) is 6.93. The molecule has 0 saturated heterocycles. The van der Waals surface area contributed by atoms with Gasteiger partial charge in [-0.15, -0.1) is 0 Å². The Morgan fingerprint density at radius 2 is 1.85 bits per heavy atom. The number of ether oxygens (including phenoxy) is 2. The Bertz CT molecular complexity index is 547. The average molecular weight is 268 g/mol. The molecule has 2 aromatic rings. The van der Waals surface area contributed by atoms with Gasteiger partial charge in [0, 0.05) is 0 Å². The number of hydrogen-bond acceptors (Lipinski definition) is 2. The molecule has 0 amide bonds. The predicted molar refractivity (Wildman–Crippen MR) is 82.6 cm³/mol.